The lowest BCUT2D eigenvalue weighted by Crippen LogP contribution is -2.44. The van der Waals surface area contributed by atoms with Crippen LogP contribution in [0.15, 0.2) is 30.3 Å². The van der Waals surface area contributed by atoms with Crippen LogP contribution in [0.25, 0.3) is 11.0 Å². The van der Waals surface area contributed by atoms with Gasteiger partial charge in [0.2, 0.25) is 5.91 Å². The van der Waals surface area contributed by atoms with Crippen LogP contribution >= 0.6 is 23.2 Å². The Morgan fingerprint density at radius 2 is 1.83 bits per heavy atom. The first kappa shape index (κ1) is 25.2. The summed E-state index contributed by atoms with van der Waals surface area (Å²) in [6.45, 7) is 3.70. The molecule has 0 radical (unpaired) electrons. The number of aromatic nitrogens is 2. The number of likely N-dealkylation sites (N-methyl/N-ethyl adjacent to an activating group) is 1. The molecule has 0 bridgehead atoms. The predicted molar refractivity (Wildman–Crippen MR) is 135 cm³/mol. The summed E-state index contributed by atoms with van der Waals surface area (Å²) >= 11 is 13.0. The largest absolute Gasteiger partial charge is 0.403 e. The summed E-state index contributed by atoms with van der Waals surface area (Å²) in [5.41, 5.74) is 1.75. The van der Waals surface area contributed by atoms with Crippen LogP contribution < -0.4 is 10.2 Å². The minimum Gasteiger partial charge on any atom is -0.368 e. The van der Waals surface area contributed by atoms with Gasteiger partial charge in [-0.25, -0.2) is 4.98 Å². The molecule has 1 aliphatic heterocycles. The Morgan fingerprint density at radius 3 is 2.50 bits per heavy atom. The molecule has 0 atom stereocenters. The number of piperazine rings is 1. The van der Waals surface area contributed by atoms with E-state index in [0.29, 0.717) is 27.9 Å². The van der Waals surface area contributed by atoms with E-state index in [-0.39, 0.29) is 19.4 Å². The maximum atomic E-state index is 13.2. The molecule has 1 aromatic heterocycles. The first-order valence-corrected chi connectivity index (χ1v) is 12.6. The maximum Gasteiger partial charge on any atom is 0.403 e. The van der Waals surface area contributed by atoms with Gasteiger partial charge >= 0.3 is 6.18 Å². The van der Waals surface area contributed by atoms with E-state index in [1.54, 1.807) is 18.2 Å². The number of alkyl halides is 3. The van der Waals surface area contributed by atoms with Crippen molar-refractivity contribution >= 4 is 45.8 Å². The summed E-state index contributed by atoms with van der Waals surface area (Å²) in [5, 5.41) is 3.61. The lowest BCUT2D eigenvalue weighted by Gasteiger charge is -2.34. The molecule has 0 spiro atoms. The van der Waals surface area contributed by atoms with Crippen molar-refractivity contribution in [1.29, 1.82) is 0 Å². The second kappa shape index (κ2) is 9.43. The fourth-order valence-electron chi connectivity index (χ4n) is 4.62. The molecule has 0 unspecified atom stereocenters. The number of carbonyl (C=O) groups is 1. The van der Waals surface area contributed by atoms with E-state index in [2.05, 4.69) is 27.1 Å². The van der Waals surface area contributed by atoms with Gasteiger partial charge in [-0.1, -0.05) is 35.3 Å². The van der Waals surface area contributed by atoms with Crippen LogP contribution in [-0.4, -0.2) is 60.2 Å². The number of H-pyrrole nitrogens is 1. The van der Waals surface area contributed by atoms with Crippen molar-refractivity contribution in [2.75, 3.05) is 38.1 Å². The summed E-state index contributed by atoms with van der Waals surface area (Å²) in [7, 11) is 2.10. The van der Waals surface area contributed by atoms with Gasteiger partial charge in [-0.05, 0) is 49.2 Å². The number of anilines is 1. The third-order valence-electron chi connectivity index (χ3n) is 7.09. The molecular weight excluding hydrogens is 514 g/mol. The molecule has 2 heterocycles. The number of nitrogens with zero attached hydrogens (tertiary/aromatic N) is 3. The zero-order chi connectivity index (χ0) is 25.7. The molecule has 1 saturated heterocycles. The molecule has 2 fully saturated rings. The number of benzene rings is 2. The van der Waals surface area contributed by atoms with E-state index >= 15 is 0 Å². The van der Waals surface area contributed by atoms with E-state index in [1.165, 1.54) is 0 Å². The van der Waals surface area contributed by atoms with E-state index in [4.69, 9.17) is 28.2 Å². The van der Waals surface area contributed by atoms with Gasteiger partial charge in [-0.3, -0.25) is 4.79 Å². The minimum absolute atomic E-state index is 0.00897. The number of hydrogen-bond acceptors (Lipinski definition) is 4. The minimum atomic E-state index is -4.53. The van der Waals surface area contributed by atoms with Crippen LogP contribution in [0.2, 0.25) is 10.0 Å². The van der Waals surface area contributed by atoms with Gasteiger partial charge in [0.05, 0.1) is 21.7 Å². The van der Waals surface area contributed by atoms with Gasteiger partial charge in [-0.2, -0.15) is 13.2 Å². The van der Waals surface area contributed by atoms with Crippen LogP contribution in [0.3, 0.4) is 0 Å². The van der Waals surface area contributed by atoms with Gasteiger partial charge in [0.25, 0.3) is 0 Å². The smallest absolute Gasteiger partial charge is 0.368 e. The standard InChI is InChI=1S/C25H26Cl2F3N5O/c1-34-6-8-35(9-7-34)21-13-20-19(12-18(21)27)32-22(33-20)11-16-10-15(2-3-17(16)26)14-31-23(36)24(4-5-24)25(28,29)30/h2-3,10,12-13H,4-9,11,14H2,1H3,(H,31,36)(H,32,33). The van der Waals surface area contributed by atoms with Crippen LogP contribution in [-0.2, 0) is 17.8 Å². The number of nitrogens with one attached hydrogen (secondary N) is 2. The Balaban J connectivity index is 1.30. The van der Waals surface area contributed by atoms with Crippen molar-refractivity contribution in [3.63, 3.8) is 0 Å². The first-order valence-electron chi connectivity index (χ1n) is 11.8. The Morgan fingerprint density at radius 1 is 1.11 bits per heavy atom. The number of amides is 1. The molecular formula is C25H26Cl2F3N5O. The van der Waals surface area contributed by atoms with Crippen molar-refractivity contribution in [1.82, 2.24) is 20.2 Å². The molecule has 2 N–H and O–H groups in total. The lowest BCUT2D eigenvalue weighted by atomic mass is 10.0. The van der Waals surface area contributed by atoms with Crippen LogP contribution in [0.5, 0.6) is 0 Å². The summed E-state index contributed by atoms with van der Waals surface area (Å²) in [6.07, 6.45) is -4.47. The Labute approximate surface area is 216 Å². The third kappa shape index (κ3) is 4.88. The average molecular weight is 540 g/mol. The number of hydrogen-bond donors (Lipinski definition) is 2. The molecule has 1 amide bonds. The SMILES string of the molecule is CN1CCN(c2cc3nc(Cc4cc(CNC(=O)C5(C(F)(F)F)CC5)ccc4Cl)[nH]c3cc2Cl)CC1. The Kier molecular flexibility index (Phi) is 6.59. The highest BCUT2D eigenvalue weighted by Gasteiger charge is 2.68. The highest BCUT2D eigenvalue weighted by atomic mass is 35.5. The third-order valence-corrected chi connectivity index (χ3v) is 7.76. The van der Waals surface area contributed by atoms with E-state index in [9.17, 15) is 18.0 Å². The van der Waals surface area contributed by atoms with E-state index in [1.807, 2.05) is 12.1 Å². The van der Waals surface area contributed by atoms with E-state index < -0.39 is 17.5 Å². The average Bonchev–Trinajstić information content (AvgIpc) is 3.56. The second-order valence-corrected chi connectivity index (χ2v) is 10.5. The lowest BCUT2D eigenvalue weighted by molar-refractivity contribution is -0.192. The monoisotopic (exact) mass is 539 g/mol. The Bertz CT molecular complexity index is 1300. The summed E-state index contributed by atoms with van der Waals surface area (Å²) < 4.78 is 39.6. The fourth-order valence-corrected chi connectivity index (χ4v) is 5.08. The quantitative estimate of drug-likeness (QED) is 0.453. The van der Waals surface area contributed by atoms with Gasteiger partial charge in [0.15, 0.2) is 0 Å². The molecule has 192 valence electrons. The molecule has 36 heavy (non-hydrogen) atoms. The van der Waals surface area contributed by atoms with Crippen LogP contribution in [0, 0.1) is 5.41 Å². The highest BCUT2D eigenvalue weighted by molar-refractivity contribution is 6.34. The molecule has 6 nitrogen and oxygen atoms in total. The number of imidazole rings is 1. The topological polar surface area (TPSA) is 64.3 Å². The highest BCUT2D eigenvalue weighted by Crippen LogP contribution is 2.57. The van der Waals surface area contributed by atoms with Crippen LogP contribution in [0.4, 0.5) is 18.9 Å². The van der Waals surface area contributed by atoms with E-state index in [0.717, 1.165) is 48.5 Å². The Hall–Kier alpha value is -2.49. The summed E-state index contributed by atoms with van der Waals surface area (Å²) in [4.78, 5) is 24.7. The maximum absolute atomic E-state index is 13.2. The molecule has 1 saturated carbocycles. The number of rotatable bonds is 6. The zero-order valence-corrected chi connectivity index (χ0v) is 21.2. The molecule has 5 rings (SSSR count). The number of fused-ring (bicyclic) bond motifs is 1. The molecule has 3 aromatic rings. The van der Waals surface area contributed by atoms with Crippen molar-refractivity contribution in [3.8, 4) is 0 Å². The number of halogens is 5. The van der Waals surface area contributed by atoms with Crippen molar-refractivity contribution < 1.29 is 18.0 Å². The molecule has 2 aromatic carbocycles. The molecule has 1 aliphatic carbocycles. The zero-order valence-electron chi connectivity index (χ0n) is 19.7. The fraction of sp³-hybridized carbons (Fsp3) is 0.440. The molecule has 2 aliphatic rings. The number of carbonyl (C=O) groups excluding carboxylic acids is 1. The summed E-state index contributed by atoms with van der Waals surface area (Å²) in [5.74, 6) is -0.287. The normalized spacial score (nSPS) is 18.0. The van der Waals surface area contributed by atoms with Crippen molar-refractivity contribution in [3.05, 3.63) is 57.3 Å². The van der Waals surface area contributed by atoms with Gasteiger partial charge in [-0.15, -0.1) is 0 Å². The predicted octanol–water partition coefficient (Wildman–Crippen LogP) is 5.17. The van der Waals surface area contributed by atoms with Crippen molar-refractivity contribution in [2.45, 2.75) is 32.0 Å². The number of aromatic amines is 1. The van der Waals surface area contributed by atoms with Gasteiger partial charge in [0, 0.05) is 44.2 Å². The molecule has 11 heteroatoms. The first-order chi connectivity index (χ1) is 17.1. The summed E-state index contributed by atoms with van der Waals surface area (Å²) in [6, 6.07) is 9.03. The van der Waals surface area contributed by atoms with Crippen LogP contribution in [0.1, 0.15) is 29.8 Å². The van der Waals surface area contributed by atoms with Crippen molar-refractivity contribution in [2.24, 2.45) is 5.41 Å². The van der Waals surface area contributed by atoms with Gasteiger partial charge < -0.3 is 20.1 Å². The van der Waals surface area contributed by atoms with Gasteiger partial charge in [0.1, 0.15) is 11.2 Å². The second-order valence-electron chi connectivity index (χ2n) is 9.66.